The van der Waals surface area contributed by atoms with Crippen molar-refractivity contribution in [3.63, 3.8) is 0 Å². The van der Waals surface area contributed by atoms with Gasteiger partial charge in [0, 0.05) is 32.9 Å². The van der Waals surface area contributed by atoms with Crippen LogP contribution in [-0.2, 0) is 11.8 Å². The van der Waals surface area contributed by atoms with Crippen molar-refractivity contribution in [3.8, 4) is 0 Å². The van der Waals surface area contributed by atoms with E-state index in [4.69, 9.17) is 0 Å². The minimum Gasteiger partial charge on any atom is -0.342 e. The van der Waals surface area contributed by atoms with Crippen LogP contribution in [-0.4, -0.2) is 58.1 Å². The minimum absolute atomic E-state index is 0.0196. The summed E-state index contributed by atoms with van der Waals surface area (Å²) in [5, 5.41) is 4.23. The molecule has 0 aliphatic carbocycles. The van der Waals surface area contributed by atoms with Gasteiger partial charge in [-0.05, 0) is 13.8 Å². The van der Waals surface area contributed by atoms with Crippen LogP contribution in [0.15, 0.2) is 0 Å². The monoisotopic (exact) mass is 250 g/mol. The zero-order valence-electron chi connectivity index (χ0n) is 11.2. The second kappa shape index (κ2) is 4.44. The molecule has 6 nitrogen and oxygen atoms in total. The number of hydrogen-bond acceptors (Lipinski definition) is 3. The van der Waals surface area contributed by atoms with Crippen LogP contribution in [0.5, 0.6) is 0 Å². The Morgan fingerprint density at radius 2 is 1.89 bits per heavy atom. The second-order valence-corrected chi connectivity index (χ2v) is 4.71. The normalized spacial score (nSPS) is 16.3. The van der Waals surface area contributed by atoms with Gasteiger partial charge in [0.2, 0.25) is 5.91 Å². The summed E-state index contributed by atoms with van der Waals surface area (Å²) in [6.07, 6.45) is 0. The molecule has 1 aliphatic rings. The Labute approximate surface area is 106 Å². The second-order valence-electron chi connectivity index (χ2n) is 4.71. The molecule has 1 fully saturated rings. The Hall–Kier alpha value is -1.85. The Morgan fingerprint density at radius 3 is 2.39 bits per heavy atom. The lowest BCUT2D eigenvalue weighted by atomic mass is 10.1. The summed E-state index contributed by atoms with van der Waals surface area (Å²) in [6.45, 7) is 5.00. The van der Waals surface area contributed by atoms with E-state index >= 15 is 0 Å². The maximum Gasteiger partial charge on any atom is 0.258 e. The number of likely N-dealkylation sites (N-methyl/N-ethyl adjacent to an activating group) is 1. The third kappa shape index (κ3) is 1.98. The first-order chi connectivity index (χ1) is 8.41. The Balaban J connectivity index is 2.24. The van der Waals surface area contributed by atoms with Gasteiger partial charge in [0.1, 0.15) is 6.54 Å². The van der Waals surface area contributed by atoms with E-state index in [9.17, 15) is 9.59 Å². The van der Waals surface area contributed by atoms with E-state index in [1.54, 1.807) is 21.5 Å². The fraction of sp³-hybridized carbons (Fsp3) is 0.583. The van der Waals surface area contributed by atoms with Crippen LogP contribution < -0.4 is 0 Å². The van der Waals surface area contributed by atoms with Crippen LogP contribution in [0.3, 0.4) is 0 Å². The van der Waals surface area contributed by atoms with E-state index in [1.807, 2.05) is 20.9 Å². The first kappa shape index (κ1) is 12.6. The van der Waals surface area contributed by atoms with Crippen LogP contribution in [0.1, 0.15) is 21.7 Å². The third-order valence-electron chi connectivity index (χ3n) is 3.47. The molecule has 0 atom stereocenters. The van der Waals surface area contributed by atoms with E-state index in [0.29, 0.717) is 24.3 Å². The molecule has 1 aromatic heterocycles. The van der Waals surface area contributed by atoms with Gasteiger partial charge >= 0.3 is 0 Å². The third-order valence-corrected chi connectivity index (χ3v) is 3.47. The lowest BCUT2D eigenvalue weighted by molar-refractivity contribution is -0.133. The molecule has 0 bridgehead atoms. The molecule has 0 spiro atoms. The molecular formula is C12H18N4O2. The van der Waals surface area contributed by atoms with Gasteiger partial charge in [-0.25, -0.2) is 0 Å². The molecule has 1 aromatic rings. The molecule has 0 unspecified atom stereocenters. The number of nitrogens with zero attached hydrogens (tertiary/aromatic N) is 4. The Kier molecular flexibility index (Phi) is 3.11. The standard InChI is InChI=1S/C12H18N4O2/c1-8-11(9(2)15(4)13-8)12(18)16-6-5-14(3)10(17)7-16/h5-7H2,1-4H3. The molecule has 0 N–H and O–H groups in total. The largest absolute Gasteiger partial charge is 0.342 e. The zero-order valence-corrected chi connectivity index (χ0v) is 11.2. The number of carbonyl (C=O) groups excluding carboxylic acids is 2. The van der Waals surface area contributed by atoms with Crippen molar-refractivity contribution in [1.82, 2.24) is 19.6 Å². The predicted octanol–water partition coefficient (Wildman–Crippen LogP) is -0.0489. The van der Waals surface area contributed by atoms with Crippen LogP contribution in [0.2, 0.25) is 0 Å². The van der Waals surface area contributed by atoms with Gasteiger partial charge in [-0.3, -0.25) is 14.3 Å². The van der Waals surface area contributed by atoms with E-state index in [-0.39, 0.29) is 18.4 Å². The van der Waals surface area contributed by atoms with Crippen molar-refractivity contribution in [1.29, 1.82) is 0 Å². The van der Waals surface area contributed by atoms with Crippen molar-refractivity contribution in [2.75, 3.05) is 26.7 Å². The molecule has 18 heavy (non-hydrogen) atoms. The van der Waals surface area contributed by atoms with Gasteiger partial charge in [0.05, 0.1) is 11.3 Å². The molecule has 98 valence electrons. The van der Waals surface area contributed by atoms with Gasteiger partial charge in [0.25, 0.3) is 5.91 Å². The number of rotatable bonds is 1. The lowest BCUT2D eigenvalue weighted by Gasteiger charge is -2.32. The van der Waals surface area contributed by atoms with E-state index in [2.05, 4.69) is 5.10 Å². The highest BCUT2D eigenvalue weighted by Crippen LogP contribution is 2.16. The molecule has 6 heteroatoms. The van der Waals surface area contributed by atoms with Crippen LogP contribution in [0.4, 0.5) is 0 Å². The van der Waals surface area contributed by atoms with Gasteiger partial charge in [-0.15, -0.1) is 0 Å². The Bertz CT molecular complexity index is 506. The van der Waals surface area contributed by atoms with Gasteiger partial charge in [-0.2, -0.15) is 5.10 Å². The molecule has 0 aromatic carbocycles. The first-order valence-electron chi connectivity index (χ1n) is 5.95. The zero-order chi connectivity index (χ0) is 13.4. The highest BCUT2D eigenvalue weighted by Gasteiger charge is 2.28. The molecule has 0 saturated carbocycles. The number of amides is 2. The maximum absolute atomic E-state index is 12.4. The molecule has 1 saturated heterocycles. The van der Waals surface area contributed by atoms with Crippen molar-refractivity contribution in [2.45, 2.75) is 13.8 Å². The predicted molar refractivity (Wildman–Crippen MR) is 66.2 cm³/mol. The van der Waals surface area contributed by atoms with Crippen molar-refractivity contribution in [2.24, 2.45) is 7.05 Å². The smallest absolute Gasteiger partial charge is 0.258 e. The van der Waals surface area contributed by atoms with E-state index < -0.39 is 0 Å². The fourth-order valence-corrected chi connectivity index (χ4v) is 2.17. The minimum atomic E-state index is -0.0976. The van der Waals surface area contributed by atoms with Crippen LogP contribution in [0.25, 0.3) is 0 Å². The Morgan fingerprint density at radius 1 is 1.22 bits per heavy atom. The number of piperazine rings is 1. The number of aromatic nitrogens is 2. The summed E-state index contributed by atoms with van der Waals surface area (Å²) >= 11 is 0. The number of hydrogen-bond donors (Lipinski definition) is 0. The van der Waals surface area contributed by atoms with Crippen LogP contribution in [0, 0.1) is 13.8 Å². The SMILES string of the molecule is Cc1nn(C)c(C)c1C(=O)N1CCN(C)C(=O)C1. The summed E-state index contributed by atoms with van der Waals surface area (Å²) in [7, 11) is 3.57. The van der Waals surface area contributed by atoms with Gasteiger partial charge in [-0.1, -0.05) is 0 Å². The highest BCUT2D eigenvalue weighted by molar-refractivity contribution is 5.98. The topological polar surface area (TPSA) is 58.4 Å². The average Bonchev–Trinajstić information content (AvgIpc) is 2.56. The van der Waals surface area contributed by atoms with Crippen molar-refractivity contribution < 1.29 is 9.59 Å². The summed E-state index contributed by atoms with van der Waals surface area (Å²) < 4.78 is 1.69. The van der Waals surface area contributed by atoms with Crippen LogP contribution >= 0.6 is 0 Å². The fourth-order valence-electron chi connectivity index (χ4n) is 2.17. The maximum atomic E-state index is 12.4. The van der Waals surface area contributed by atoms with Gasteiger partial charge in [0.15, 0.2) is 0 Å². The molecule has 2 rings (SSSR count). The van der Waals surface area contributed by atoms with E-state index in [1.165, 1.54) is 0 Å². The molecule has 2 heterocycles. The number of carbonyl (C=O) groups is 2. The molecule has 2 amide bonds. The number of aryl methyl sites for hydroxylation is 2. The highest BCUT2D eigenvalue weighted by atomic mass is 16.2. The summed E-state index contributed by atoms with van der Waals surface area (Å²) in [4.78, 5) is 27.3. The average molecular weight is 250 g/mol. The quantitative estimate of drug-likeness (QED) is 0.702. The first-order valence-corrected chi connectivity index (χ1v) is 5.95. The molecule has 0 radical (unpaired) electrons. The van der Waals surface area contributed by atoms with Gasteiger partial charge < -0.3 is 9.80 Å². The van der Waals surface area contributed by atoms with Crippen molar-refractivity contribution in [3.05, 3.63) is 17.0 Å². The molecule has 1 aliphatic heterocycles. The lowest BCUT2D eigenvalue weighted by Crippen LogP contribution is -2.50. The summed E-state index contributed by atoms with van der Waals surface area (Å²) in [5.74, 6) is -0.117. The molecular weight excluding hydrogens is 232 g/mol. The summed E-state index contributed by atoms with van der Waals surface area (Å²) in [5.41, 5.74) is 2.17. The van der Waals surface area contributed by atoms with Crippen molar-refractivity contribution >= 4 is 11.8 Å². The summed E-state index contributed by atoms with van der Waals surface area (Å²) in [6, 6.07) is 0. The van der Waals surface area contributed by atoms with E-state index in [0.717, 1.165) is 5.69 Å².